The summed E-state index contributed by atoms with van der Waals surface area (Å²) in [6.07, 6.45) is 0. The van der Waals surface area contributed by atoms with Crippen molar-refractivity contribution < 1.29 is 0 Å². The standard InChI is InChI=1S/C41H29N9/c1-26-42-27(2)44-39(43-26)32-23-33(40-47-35(28-15-7-3-8-16-28)45-36(48-40)29-17-9-4-10-18-29)25-34(24-32)41-49-37(30-19-11-5-12-20-30)46-38(50-41)31-21-13-6-14-22-31/h3-25H,1-2H3. The van der Waals surface area contributed by atoms with Gasteiger partial charge in [-0.3, -0.25) is 0 Å². The maximum atomic E-state index is 5.01. The Labute approximate surface area is 289 Å². The fourth-order valence-electron chi connectivity index (χ4n) is 5.64. The fourth-order valence-corrected chi connectivity index (χ4v) is 5.64. The average molecular weight is 648 g/mol. The van der Waals surface area contributed by atoms with Crippen molar-refractivity contribution in [2.75, 3.05) is 0 Å². The van der Waals surface area contributed by atoms with E-state index < -0.39 is 0 Å². The number of benzene rings is 5. The van der Waals surface area contributed by atoms with E-state index in [0.717, 1.165) is 38.9 Å². The molecule has 0 fully saturated rings. The van der Waals surface area contributed by atoms with Gasteiger partial charge in [-0.25, -0.2) is 44.9 Å². The molecule has 0 saturated heterocycles. The largest absolute Gasteiger partial charge is 0.219 e. The van der Waals surface area contributed by atoms with Crippen molar-refractivity contribution >= 4 is 0 Å². The van der Waals surface area contributed by atoms with Gasteiger partial charge in [-0.15, -0.1) is 0 Å². The lowest BCUT2D eigenvalue weighted by atomic mass is 10.0. The summed E-state index contributed by atoms with van der Waals surface area (Å²) in [6.45, 7) is 3.72. The molecule has 0 saturated carbocycles. The lowest BCUT2D eigenvalue weighted by molar-refractivity contribution is 0.928. The summed E-state index contributed by atoms with van der Waals surface area (Å²) >= 11 is 0. The normalized spacial score (nSPS) is 11.0. The Morgan fingerprint density at radius 2 is 0.460 bits per heavy atom. The van der Waals surface area contributed by atoms with E-state index in [1.807, 2.05) is 153 Å². The highest BCUT2D eigenvalue weighted by atomic mass is 15.1. The smallest absolute Gasteiger partial charge is 0.164 e. The molecule has 0 unspecified atom stereocenters. The Bertz CT molecular complexity index is 2160. The molecule has 0 aliphatic carbocycles. The molecule has 0 N–H and O–H groups in total. The molecule has 3 heterocycles. The Morgan fingerprint density at radius 1 is 0.240 bits per heavy atom. The van der Waals surface area contributed by atoms with Crippen molar-refractivity contribution in [1.29, 1.82) is 0 Å². The third-order valence-electron chi connectivity index (χ3n) is 7.97. The third-order valence-corrected chi connectivity index (χ3v) is 7.97. The highest BCUT2D eigenvalue weighted by molar-refractivity contribution is 5.78. The van der Waals surface area contributed by atoms with Crippen molar-refractivity contribution in [3.63, 3.8) is 0 Å². The maximum Gasteiger partial charge on any atom is 0.164 e. The van der Waals surface area contributed by atoms with Crippen LogP contribution in [0.25, 0.3) is 79.7 Å². The molecule has 8 rings (SSSR count). The second-order valence-electron chi connectivity index (χ2n) is 11.6. The van der Waals surface area contributed by atoms with E-state index in [9.17, 15) is 0 Å². The number of rotatable bonds is 7. The fraction of sp³-hybridized carbons (Fsp3) is 0.0488. The first-order chi connectivity index (χ1) is 24.6. The molecule has 0 aliphatic rings. The topological polar surface area (TPSA) is 116 Å². The Morgan fingerprint density at radius 3 is 0.720 bits per heavy atom. The zero-order chi connectivity index (χ0) is 33.9. The average Bonchev–Trinajstić information content (AvgIpc) is 3.18. The van der Waals surface area contributed by atoms with Gasteiger partial charge in [-0.05, 0) is 32.0 Å². The van der Waals surface area contributed by atoms with Crippen molar-refractivity contribution in [2.45, 2.75) is 13.8 Å². The predicted molar refractivity (Wildman–Crippen MR) is 194 cm³/mol. The highest BCUT2D eigenvalue weighted by Crippen LogP contribution is 2.33. The van der Waals surface area contributed by atoms with Gasteiger partial charge in [0.2, 0.25) is 0 Å². The highest BCUT2D eigenvalue weighted by Gasteiger charge is 2.18. The molecule has 0 amide bonds. The molecule has 8 aromatic rings. The molecule has 0 spiro atoms. The Balaban J connectivity index is 1.38. The van der Waals surface area contributed by atoms with Crippen molar-refractivity contribution in [2.24, 2.45) is 0 Å². The van der Waals surface area contributed by atoms with Crippen LogP contribution in [0.15, 0.2) is 140 Å². The summed E-state index contributed by atoms with van der Waals surface area (Å²) in [7, 11) is 0. The van der Waals surface area contributed by atoms with Crippen LogP contribution < -0.4 is 0 Å². The number of hydrogen-bond donors (Lipinski definition) is 0. The van der Waals surface area contributed by atoms with Crippen LogP contribution in [0.4, 0.5) is 0 Å². The SMILES string of the molecule is Cc1nc(C)nc(-c2cc(-c3nc(-c4ccccc4)nc(-c4ccccc4)n3)cc(-c3nc(-c4ccccc4)nc(-c4ccccc4)n3)c2)n1. The molecule has 238 valence electrons. The third kappa shape index (κ3) is 6.48. The van der Waals surface area contributed by atoms with Gasteiger partial charge in [-0.1, -0.05) is 121 Å². The summed E-state index contributed by atoms with van der Waals surface area (Å²) in [5.41, 5.74) is 5.73. The van der Waals surface area contributed by atoms with E-state index in [-0.39, 0.29) is 0 Å². The van der Waals surface area contributed by atoms with E-state index in [1.165, 1.54) is 0 Å². The van der Waals surface area contributed by atoms with E-state index in [2.05, 4.69) is 4.98 Å². The van der Waals surface area contributed by atoms with E-state index in [4.69, 9.17) is 39.9 Å². The van der Waals surface area contributed by atoms with Crippen LogP contribution >= 0.6 is 0 Å². The molecule has 5 aromatic carbocycles. The summed E-state index contributed by atoms with van der Waals surface area (Å²) in [6, 6.07) is 45.6. The molecule has 0 bridgehead atoms. The van der Waals surface area contributed by atoms with E-state index in [1.54, 1.807) is 0 Å². The van der Waals surface area contributed by atoms with Crippen molar-refractivity contribution in [3.8, 4) is 79.7 Å². The minimum absolute atomic E-state index is 0.490. The Kier molecular flexibility index (Phi) is 8.12. The molecule has 50 heavy (non-hydrogen) atoms. The van der Waals surface area contributed by atoms with Gasteiger partial charge in [0.25, 0.3) is 0 Å². The van der Waals surface area contributed by atoms with Gasteiger partial charge in [0, 0.05) is 38.9 Å². The molecular formula is C41H29N9. The quantitative estimate of drug-likeness (QED) is 0.168. The van der Waals surface area contributed by atoms with Gasteiger partial charge < -0.3 is 0 Å². The number of nitrogens with zero attached hydrogens (tertiary/aromatic N) is 9. The molecule has 9 nitrogen and oxygen atoms in total. The first-order valence-corrected chi connectivity index (χ1v) is 16.1. The minimum atomic E-state index is 0.490. The molecule has 0 aliphatic heterocycles. The number of hydrogen-bond acceptors (Lipinski definition) is 9. The molecule has 3 aromatic heterocycles. The van der Waals surface area contributed by atoms with Gasteiger partial charge in [0.15, 0.2) is 40.8 Å². The van der Waals surface area contributed by atoms with Crippen LogP contribution in [0.1, 0.15) is 11.6 Å². The monoisotopic (exact) mass is 647 g/mol. The van der Waals surface area contributed by atoms with Crippen LogP contribution in [0.5, 0.6) is 0 Å². The molecule has 0 atom stereocenters. The first kappa shape index (κ1) is 30.5. The van der Waals surface area contributed by atoms with E-state index >= 15 is 0 Å². The van der Waals surface area contributed by atoms with Crippen molar-refractivity contribution in [1.82, 2.24) is 44.9 Å². The maximum absolute atomic E-state index is 5.01. The summed E-state index contributed by atoms with van der Waals surface area (Å²) in [4.78, 5) is 43.6. The van der Waals surface area contributed by atoms with Crippen LogP contribution in [0.2, 0.25) is 0 Å². The van der Waals surface area contributed by atoms with Gasteiger partial charge >= 0.3 is 0 Å². The van der Waals surface area contributed by atoms with Gasteiger partial charge in [-0.2, -0.15) is 0 Å². The molecule has 0 radical (unpaired) electrons. The zero-order valence-corrected chi connectivity index (χ0v) is 27.3. The van der Waals surface area contributed by atoms with Crippen LogP contribution in [-0.2, 0) is 0 Å². The minimum Gasteiger partial charge on any atom is -0.219 e. The van der Waals surface area contributed by atoms with Crippen LogP contribution in [0, 0.1) is 13.8 Å². The lowest BCUT2D eigenvalue weighted by Gasteiger charge is -2.13. The van der Waals surface area contributed by atoms with Gasteiger partial charge in [0.05, 0.1) is 0 Å². The number of aryl methyl sites for hydroxylation is 2. The lowest BCUT2D eigenvalue weighted by Crippen LogP contribution is -2.03. The second kappa shape index (κ2) is 13.3. The predicted octanol–water partition coefficient (Wildman–Crippen LogP) is 8.53. The summed E-state index contributed by atoms with van der Waals surface area (Å²) in [5, 5.41) is 0. The van der Waals surface area contributed by atoms with Crippen LogP contribution in [0.3, 0.4) is 0 Å². The first-order valence-electron chi connectivity index (χ1n) is 16.1. The summed E-state index contributed by atoms with van der Waals surface area (Å²) < 4.78 is 0. The Hall–Kier alpha value is -6.87. The number of aromatic nitrogens is 9. The second-order valence-corrected chi connectivity index (χ2v) is 11.6. The van der Waals surface area contributed by atoms with Gasteiger partial charge in [0.1, 0.15) is 11.6 Å². The summed E-state index contributed by atoms with van der Waals surface area (Å²) in [5.74, 6) is 4.99. The van der Waals surface area contributed by atoms with Crippen LogP contribution in [-0.4, -0.2) is 44.9 Å². The zero-order valence-electron chi connectivity index (χ0n) is 27.3. The van der Waals surface area contributed by atoms with E-state index in [0.29, 0.717) is 52.4 Å². The van der Waals surface area contributed by atoms with Crippen molar-refractivity contribution in [3.05, 3.63) is 151 Å². The molecule has 9 heteroatoms. The molecular weight excluding hydrogens is 619 g/mol.